The van der Waals surface area contributed by atoms with Gasteiger partial charge in [-0.15, -0.1) is 0 Å². The average Bonchev–Trinajstić information content (AvgIpc) is 2.85. The molecule has 5 nitrogen and oxygen atoms in total. The summed E-state index contributed by atoms with van der Waals surface area (Å²) in [6.45, 7) is 6.25. The second kappa shape index (κ2) is 10.6. The van der Waals surface area contributed by atoms with Crippen LogP contribution in [0.25, 0.3) is 0 Å². The van der Waals surface area contributed by atoms with Crippen LogP contribution in [0.3, 0.4) is 0 Å². The molecule has 0 aliphatic carbocycles. The lowest BCUT2D eigenvalue weighted by molar-refractivity contribution is 0.306. The highest BCUT2D eigenvalue weighted by atomic mass is 32.2. The smallest absolute Gasteiger partial charge is 0.261 e. The normalized spacial score (nSPS) is 11.5. The Labute approximate surface area is 207 Å². The lowest BCUT2D eigenvalue weighted by Gasteiger charge is -2.14. The fraction of sp³-hybridized carbons (Fsp3) is 0.138. The first-order chi connectivity index (χ1) is 16.8. The zero-order valence-electron chi connectivity index (χ0n) is 20.0. The van der Waals surface area contributed by atoms with Gasteiger partial charge in [-0.25, -0.2) is 8.42 Å². The summed E-state index contributed by atoms with van der Waals surface area (Å²) in [6.07, 6.45) is 1.72. The van der Waals surface area contributed by atoms with Gasteiger partial charge in [-0.1, -0.05) is 60.2 Å². The predicted octanol–water partition coefficient (Wildman–Crippen LogP) is 6.74. The molecular formula is C29H28N2O3S. The van der Waals surface area contributed by atoms with Gasteiger partial charge >= 0.3 is 0 Å². The van der Waals surface area contributed by atoms with E-state index in [4.69, 9.17) is 4.74 Å². The second-order valence-electron chi connectivity index (χ2n) is 8.44. The van der Waals surface area contributed by atoms with E-state index in [1.54, 1.807) is 30.5 Å². The van der Waals surface area contributed by atoms with Crippen LogP contribution in [0.15, 0.2) is 101 Å². The summed E-state index contributed by atoms with van der Waals surface area (Å²) in [5.74, 6) is 0.729. The fourth-order valence-corrected chi connectivity index (χ4v) is 5.05. The van der Waals surface area contributed by atoms with Crippen molar-refractivity contribution >= 4 is 27.6 Å². The van der Waals surface area contributed by atoms with Crippen LogP contribution in [-0.4, -0.2) is 14.6 Å². The molecule has 0 aliphatic rings. The molecular weight excluding hydrogens is 456 g/mol. The van der Waals surface area contributed by atoms with E-state index in [-0.39, 0.29) is 4.90 Å². The summed E-state index contributed by atoms with van der Waals surface area (Å²) in [5, 5.41) is 0. The van der Waals surface area contributed by atoms with Crippen LogP contribution in [0, 0.1) is 20.8 Å². The number of para-hydroxylation sites is 1. The van der Waals surface area contributed by atoms with Crippen LogP contribution in [0.4, 0.5) is 11.4 Å². The van der Waals surface area contributed by atoms with E-state index in [1.807, 2.05) is 87.5 Å². The van der Waals surface area contributed by atoms with Gasteiger partial charge in [0.25, 0.3) is 10.0 Å². The Morgan fingerprint density at radius 1 is 0.829 bits per heavy atom. The number of aliphatic imine (C=N–C) groups is 1. The summed E-state index contributed by atoms with van der Waals surface area (Å²) >= 11 is 0. The van der Waals surface area contributed by atoms with Crippen molar-refractivity contribution in [3.05, 3.63) is 119 Å². The summed E-state index contributed by atoms with van der Waals surface area (Å²) in [6, 6.07) is 28.1. The third-order valence-corrected chi connectivity index (χ3v) is 6.93. The van der Waals surface area contributed by atoms with Crippen molar-refractivity contribution in [2.24, 2.45) is 4.99 Å². The van der Waals surface area contributed by atoms with Gasteiger partial charge in [0.1, 0.15) is 12.4 Å². The first kappa shape index (κ1) is 24.2. The van der Waals surface area contributed by atoms with Gasteiger partial charge < -0.3 is 4.74 Å². The molecule has 1 N–H and O–H groups in total. The minimum atomic E-state index is -3.72. The van der Waals surface area contributed by atoms with Gasteiger partial charge in [0, 0.05) is 11.8 Å². The molecule has 4 aromatic rings. The maximum absolute atomic E-state index is 12.9. The standard InChI is InChI=1S/C29H28N2O3S/c1-21-17-22(2)29(23(3)18-21)31-35(32,33)27-15-13-26(14-16-27)30-19-25-11-7-8-12-28(25)34-20-24-9-5-4-6-10-24/h4-19,31H,20H2,1-3H3. The number of sulfonamides is 1. The number of rotatable bonds is 8. The van der Waals surface area contributed by atoms with E-state index in [0.29, 0.717) is 18.0 Å². The summed E-state index contributed by atoms with van der Waals surface area (Å²) in [7, 11) is -3.72. The Kier molecular flexibility index (Phi) is 7.32. The molecule has 0 atom stereocenters. The third kappa shape index (κ3) is 6.16. The van der Waals surface area contributed by atoms with E-state index in [2.05, 4.69) is 9.71 Å². The first-order valence-corrected chi connectivity index (χ1v) is 12.8. The monoisotopic (exact) mass is 484 g/mol. The number of aryl methyl sites for hydroxylation is 3. The molecule has 0 bridgehead atoms. The van der Waals surface area contributed by atoms with Crippen molar-refractivity contribution in [1.29, 1.82) is 0 Å². The third-order valence-electron chi connectivity index (χ3n) is 5.57. The Morgan fingerprint density at radius 3 is 2.14 bits per heavy atom. The van der Waals surface area contributed by atoms with Gasteiger partial charge in [0.2, 0.25) is 0 Å². The van der Waals surface area contributed by atoms with E-state index in [9.17, 15) is 8.42 Å². The van der Waals surface area contributed by atoms with Crippen LogP contribution in [0.1, 0.15) is 27.8 Å². The quantitative estimate of drug-likeness (QED) is 0.282. The van der Waals surface area contributed by atoms with Crippen LogP contribution >= 0.6 is 0 Å². The first-order valence-electron chi connectivity index (χ1n) is 11.3. The molecule has 0 spiro atoms. The van der Waals surface area contributed by atoms with Crippen LogP contribution in [0.5, 0.6) is 5.75 Å². The maximum Gasteiger partial charge on any atom is 0.261 e. The van der Waals surface area contributed by atoms with Gasteiger partial charge in [-0.3, -0.25) is 9.71 Å². The van der Waals surface area contributed by atoms with Crippen LogP contribution < -0.4 is 9.46 Å². The molecule has 0 unspecified atom stereocenters. The highest BCUT2D eigenvalue weighted by Crippen LogP contribution is 2.26. The van der Waals surface area contributed by atoms with Crippen LogP contribution in [-0.2, 0) is 16.6 Å². The summed E-state index contributed by atoms with van der Waals surface area (Å²) in [4.78, 5) is 4.70. The van der Waals surface area contributed by atoms with Crippen molar-refractivity contribution in [2.45, 2.75) is 32.3 Å². The van der Waals surface area contributed by atoms with Crippen molar-refractivity contribution in [3.8, 4) is 5.75 Å². The molecule has 0 radical (unpaired) electrons. The summed E-state index contributed by atoms with van der Waals surface area (Å²) in [5.41, 5.74) is 6.06. The minimum Gasteiger partial charge on any atom is -0.488 e. The lowest BCUT2D eigenvalue weighted by atomic mass is 10.1. The molecule has 0 heterocycles. The largest absolute Gasteiger partial charge is 0.488 e. The van der Waals surface area contributed by atoms with Crippen molar-refractivity contribution in [2.75, 3.05) is 4.72 Å². The van der Waals surface area contributed by atoms with Gasteiger partial charge in [-0.2, -0.15) is 0 Å². The van der Waals surface area contributed by atoms with Gasteiger partial charge in [0.05, 0.1) is 16.3 Å². The molecule has 0 saturated carbocycles. The fourth-order valence-electron chi connectivity index (χ4n) is 3.84. The Morgan fingerprint density at radius 2 is 1.46 bits per heavy atom. The van der Waals surface area contributed by atoms with Gasteiger partial charge in [-0.05, 0) is 73.9 Å². The number of nitrogens with one attached hydrogen (secondary N) is 1. The van der Waals surface area contributed by atoms with Crippen LogP contribution in [0.2, 0.25) is 0 Å². The number of hydrogen-bond donors (Lipinski definition) is 1. The van der Waals surface area contributed by atoms with Crippen molar-refractivity contribution < 1.29 is 13.2 Å². The molecule has 0 saturated heterocycles. The molecule has 4 aromatic carbocycles. The molecule has 0 amide bonds. The maximum atomic E-state index is 12.9. The molecule has 0 aromatic heterocycles. The van der Waals surface area contributed by atoms with E-state index < -0.39 is 10.0 Å². The van der Waals surface area contributed by atoms with E-state index in [0.717, 1.165) is 33.6 Å². The highest BCUT2D eigenvalue weighted by Gasteiger charge is 2.16. The number of hydrogen-bond acceptors (Lipinski definition) is 4. The van der Waals surface area contributed by atoms with Crippen molar-refractivity contribution in [3.63, 3.8) is 0 Å². The molecule has 4 rings (SSSR count). The van der Waals surface area contributed by atoms with Gasteiger partial charge in [0.15, 0.2) is 0 Å². The second-order valence-corrected chi connectivity index (χ2v) is 10.1. The van der Waals surface area contributed by atoms with E-state index in [1.165, 1.54) is 0 Å². The zero-order valence-corrected chi connectivity index (χ0v) is 20.8. The van der Waals surface area contributed by atoms with E-state index >= 15 is 0 Å². The Bertz CT molecular complexity index is 1420. The Hall–Kier alpha value is -3.90. The molecule has 35 heavy (non-hydrogen) atoms. The number of benzene rings is 4. The van der Waals surface area contributed by atoms with Crippen molar-refractivity contribution in [1.82, 2.24) is 0 Å². The topological polar surface area (TPSA) is 67.8 Å². The predicted molar refractivity (Wildman–Crippen MR) is 142 cm³/mol. The minimum absolute atomic E-state index is 0.183. The molecule has 0 fully saturated rings. The zero-order chi connectivity index (χ0) is 24.8. The number of anilines is 1. The molecule has 6 heteroatoms. The summed E-state index contributed by atoms with van der Waals surface area (Å²) < 4.78 is 34.6. The highest BCUT2D eigenvalue weighted by molar-refractivity contribution is 7.92. The molecule has 178 valence electrons. The number of nitrogens with zero attached hydrogens (tertiary/aromatic N) is 1. The Balaban J connectivity index is 1.48. The average molecular weight is 485 g/mol. The SMILES string of the molecule is Cc1cc(C)c(NS(=O)(=O)c2ccc(N=Cc3ccccc3OCc3ccccc3)cc2)c(C)c1. The lowest BCUT2D eigenvalue weighted by Crippen LogP contribution is -2.14. The number of ether oxygens (including phenoxy) is 1. The molecule has 0 aliphatic heterocycles.